The van der Waals surface area contributed by atoms with Crippen LogP contribution >= 0.6 is 11.9 Å². The van der Waals surface area contributed by atoms with Gasteiger partial charge in [-0.25, -0.2) is 19.1 Å². The summed E-state index contributed by atoms with van der Waals surface area (Å²) in [6.07, 6.45) is 0.254. The number of oxazole rings is 1. The van der Waals surface area contributed by atoms with Gasteiger partial charge in [0.05, 0.1) is 49.5 Å². The second-order valence-electron chi connectivity index (χ2n) is 13.0. The molecule has 3 N–H and O–H groups in total. The molecule has 2 aromatic heterocycles. The largest absolute Gasteiger partial charge is 0.486 e. The Bertz CT molecular complexity index is 1600. The highest BCUT2D eigenvalue weighted by atomic mass is 32.2. The zero-order chi connectivity index (χ0) is 35.1. The Balaban J connectivity index is 1.30. The number of amides is 2. The van der Waals surface area contributed by atoms with Gasteiger partial charge < -0.3 is 44.0 Å². The number of hydrogen-bond donors (Lipinski definition) is 3. The van der Waals surface area contributed by atoms with Crippen LogP contribution in [0.15, 0.2) is 35.1 Å². The average Bonchev–Trinajstić information content (AvgIpc) is 3.35. The number of benzene rings is 1. The van der Waals surface area contributed by atoms with Gasteiger partial charge in [0.15, 0.2) is 12.2 Å². The van der Waals surface area contributed by atoms with Crippen LogP contribution in [0.25, 0.3) is 0 Å². The minimum atomic E-state index is -1.02. The Hall–Kier alpha value is -4.12. The molecule has 16 heteroatoms. The van der Waals surface area contributed by atoms with Gasteiger partial charge in [0.1, 0.15) is 29.5 Å². The lowest BCUT2D eigenvalue weighted by molar-refractivity contribution is 0.0209. The summed E-state index contributed by atoms with van der Waals surface area (Å²) in [5, 5.41) is 17.1. The van der Waals surface area contributed by atoms with Crippen molar-refractivity contribution in [3.8, 4) is 5.75 Å². The van der Waals surface area contributed by atoms with Crippen molar-refractivity contribution in [3.05, 3.63) is 58.9 Å². The number of nitrogens with one attached hydrogen (secondary N) is 2. The Labute approximate surface area is 290 Å². The molecule has 2 aliphatic heterocycles. The quantitative estimate of drug-likeness (QED) is 0.222. The zero-order valence-electron chi connectivity index (χ0n) is 28.7. The standard InChI is InChI=1S/C33H45N7O8S/c1-20-27(47-19-35-20)18-46-24-8-7-21-12-28(49-40(15-22(21)11-24)32(43)48-33(2,3)4)26(41)14-34-30(42)25-13-29(36-23-16-45-17-23)38-31(37-25)39(5)9-10-44-6/h7-8,11,13,19,23,26,28,41H,9-10,12,14-18H2,1-6H3,(H,34,42)(H,36,37,38)/t26-,28+/m1/s1. The Morgan fingerprint density at radius 1 is 1.20 bits per heavy atom. The fourth-order valence-electron chi connectivity index (χ4n) is 4.96. The van der Waals surface area contributed by atoms with Gasteiger partial charge in [0, 0.05) is 33.3 Å². The maximum absolute atomic E-state index is 13.4. The van der Waals surface area contributed by atoms with Crippen molar-refractivity contribution in [2.75, 3.05) is 57.3 Å². The van der Waals surface area contributed by atoms with Crippen molar-refractivity contribution in [3.63, 3.8) is 0 Å². The number of methoxy groups -OCH3 is 1. The summed E-state index contributed by atoms with van der Waals surface area (Å²) < 4.78 is 29.0. The molecule has 1 fully saturated rings. The Morgan fingerprint density at radius 3 is 2.67 bits per heavy atom. The van der Waals surface area contributed by atoms with Crippen molar-refractivity contribution in [1.29, 1.82) is 0 Å². The third kappa shape index (κ3) is 9.97. The van der Waals surface area contributed by atoms with Gasteiger partial charge in [-0.15, -0.1) is 0 Å². The molecule has 0 bridgehead atoms. The molecule has 0 saturated carbocycles. The summed E-state index contributed by atoms with van der Waals surface area (Å²) in [6.45, 7) is 9.68. The van der Waals surface area contributed by atoms with E-state index in [2.05, 4.69) is 25.6 Å². The van der Waals surface area contributed by atoms with Crippen molar-refractivity contribution < 1.29 is 38.1 Å². The first-order valence-electron chi connectivity index (χ1n) is 16.1. The van der Waals surface area contributed by atoms with E-state index in [0.29, 0.717) is 56.1 Å². The van der Waals surface area contributed by atoms with Gasteiger partial charge in [-0.3, -0.25) is 4.79 Å². The van der Waals surface area contributed by atoms with Crippen LogP contribution in [-0.4, -0.2) is 106 Å². The van der Waals surface area contributed by atoms with Crippen LogP contribution in [0.5, 0.6) is 5.75 Å². The number of fused-ring (bicyclic) bond motifs is 1. The van der Waals surface area contributed by atoms with Crippen LogP contribution in [0.3, 0.4) is 0 Å². The number of hydrogen-bond acceptors (Lipinski definition) is 14. The molecule has 5 rings (SSSR count). The number of anilines is 2. The first kappa shape index (κ1) is 36.2. The van der Waals surface area contributed by atoms with Crippen LogP contribution < -0.4 is 20.3 Å². The summed E-state index contributed by atoms with van der Waals surface area (Å²) in [6, 6.07) is 7.33. The number of ether oxygens (including phenoxy) is 4. The number of likely N-dealkylation sites (N-methyl/N-ethyl adjacent to an activating group) is 1. The molecule has 15 nitrogen and oxygen atoms in total. The molecule has 0 spiro atoms. The molecule has 2 amide bonds. The minimum absolute atomic E-state index is 0.0796. The number of aromatic nitrogens is 3. The number of rotatable bonds is 13. The first-order valence-corrected chi connectivity index (χ1v) is 16.9. The van der Waals surface area contributed by atoms with E-state index in [1.54, 1.807) is 38.8 Å². The lowest BCUT2D eigenvalue weighted by Crippen LogP contribution is -2.41. The maximum Gasteiger partial charge on any atom is 0.420 e. The highest BCUT2D eigenvalue weighted by molar-refractivity contribution is 7.98. The number of aryl methyl sites for hydroxylation is 1. The zero-order valence-corrected chi connectivity index (χ0v) is 29.5. The molecule has 0 aliphatic carbocycles. The second kappa shape index (κ2) is 16.1. The number of aliphatic hydroxyl groups excluding tert-OH is 1. The molecule has 3 aromatic rings. The monoisotopic (exact) mass is 699 g/mol. The molecule has 1 saturated heterocycles. The van der Waals surface area contributed by atoms with Crippen molar-refractivity contribution >= 4 is 35.7 Å². The van der Waals surface area contributed by atoms with E-state index in [4.69, 9.17) is 23.4 Å². The third-order valence-corrected chi connectivity index (χ3v) is 9.08. The van der Waals surface area contributed by atoms with E-state index < -0.39 is 29.0 Å². The highest BCUT2D eigenvalue weighted by Gasteiger charge is 2.33. The van der Waals surface area contributed by atoms with Gasteiger partial charge in [-0.1, -0.05) is 6.07 Å². The number of carbonyl (C=O) groups excluding carboxylic acids is 2. The lowest BCUT2D eigenvalue weighted by Gasteiger charge is -2.29. The lowest BCUT2D eigenvalue weighted by atomic mass is 10.00. The molecule has 2 aliphatic rings. The molecular weight excluding hydrogens is 654 g/mol. The predicted octanol–water partition coefficient (Wildman–Crippen LogP) is 3.35. The smallest absolute Gasteiger partial charge is 0.420 e. The molecule has 1 aromatic carbocycles. The fourth-order valence-corrected chi connectivity index (χ4v) is 6.11. The fraction of sp³-hybridized carbons (Fsp3) is 0.545. The van der Waals surface area contributed by atoms with Crippen molar-refractivity contribution in [1.82, 2.24) is 24.6 Å². The van der Waals surface area contributed by atoms with E-state index in [0.717, 1.165) is 16.8 Å². The van der Waals surface area contributed by atoms with Crippen LogP contribution in [0, 0.1) is 6.92 Å². The number of nitrogens with zero attached hydrogens (tertiary/aromatic N) is 5. The molecule has 0 unspecified atom stereocenters. The van der Waals surface area contributed by atoms with Gasteiger partial charge in [-0.2, -0.15) is 4.98 Å². The molecule has 0 radical (unpaired) electrons. The first-order chi connectivity index (χ1) is 23.4. The van der Waals surface area contributed by atoms with Crippen molar-refractivity contribution in [2.24, 2.45) is 0 Å². The van der Waals surface area contributed by atoms with E-state index >= 15 is 0 Å². The summed E-state index contributed by atoms with van der Waals surface area (Å²) in [4.78, 5) is 41.7. The van der Waals surface area contributed by atoms with Gasteiger partial charge in [0.25, 0.3) is 5.91 Å². The van der Waals surface area contributed by atoms with Gasteiger partial charge in [-0.05, 0) is 69.3 Å². The molecule has 2 atom stereocenters. The summed E-state index contributed by atoms with van der Waals surface area (Å²) in [5.74, 6) is 1.61. The van der Waals surface area contributed by atoms with Crippen molar-refractivity contribution in [2.45, 2.75) is 70.3 Å². The topological polar surface area (TPSA) is 174 Å². The second-order valence-corrected chi connectivity index (χ2v) is 14.2. The predicted molar refractivity (Wildman–Crippen MR) is 183 cm³/mol. The average molecular weight is 700 g/mol. The Kier molecular flexibility index (Phi) is 11.9. The summed E-state index contributed by atoms with van der Waals surface area (Å²) >= 11 is 1.19. The van der Waals surface area contributed by atoms with Crippen LogP contribution in [0.2, 0.25) is 0 Å². The maximum atomic E-state index is 13.4. The van der Waals surface area contributed by atoms with Crippen LogP contribution in [-0.2, 0) is 33.8 Å². The third-order valence-electron chi connectivity index (χ3n) is 7.80. The Morgan fingerprint density at radius 2 is 2.00 bits per heavy atom. The number of carbonyl (C=O) groups is 2. The highest BCUT2D eigenvalue weighted by Crippen LogP contribution is 2.34. The van der Waals surface area contributed by atoms with Crippen LogP contribution in [0.4, 0.5) is 16.6 Å². The SMILES string of the molecule is COCCN(C)c1nc(NC2COC2)cc(C(=O)NC[C@@H](O)[C@@H]2Cc3ccc(OCc4ocnc4C)cc3CN(C(=O)OC(C)(C)C)S2)n1. The number of aliphatic hydroxyl groups is 1. The van der Waals surface area contributed by atoms with Gasteiger partial charge in [0.2, 0.25) is 5.95 Å². The van der Waals surface area contributed by atoms with Gasteiger partial charge >= 0.3 is 6.09 Å². The normalized spacial score (nSPS) is 17.0. The molecular formula is C33H45N7O8S. The van der Waals surface area contributed by atoms with E-state index in [-0.39, 0.29) is 31.4 Å². The van der Waals surface area contributed by atoms with E-state index in [9.17, 15) is 14.7 Å². The molecule has 49 heavy (non-hydrogen) atoms. The summed E-state index contributed by atoms with van der Waals surface area (Å²) in [7, 11) is 3.43. The molecule has 266 valence electrons. The van der Waals surface area contributed by atoms with Crippen LogP contribution in [0.1, 0.15) is 53.8 Å². The molecule has 4 heterocycles. The van der Waals surface area contributed by atoms with E-state index in [1.807, 2.05) is 32.2 Å². The minimum Gasteiger partial charge on any atom is -0.486 e. The summed E-state index contributed by atoms with van der Waals surface area (Å²) in [5.41, 5.74) is 1.97. The van der Waals surface area contributed by atoms with E-state index in [1.165, 1.54) is 22.6 Å².